The van der Waals surface area contributed by atoms with Gasteiger partial charge in [0.1, 0.15) is 18.3 Å². The minimum Gasteiger partial charge on any atom is -0.429 e. The van der Waals surface area contributed by atoms with Gasteiger partial charge in [-0.3, -0.25) is 0 Å². The highest BCUT2D eigenvalue weighted by Gasteiger charge is 2.49. The van der Waals surface area contributed by atoms with Crippen molar-refractivity contribution in [2.24, 2.45) is 5.92 Å². The zero-order chi connectivity index (χ0) is 31.6. The predicted octanol–water partition coefficient (Wildman–Crippen LogP) is 7.50. The highest BCUT2D eigenvalue weighted by Crippen LogP contribution is 2.33. The first-order chi connectivity index (χ1) is 22.7. The van der Waals surface area contributed by atoms with Gasteiger partial charge in [-0.1, -0.05) is 122 Å². The molecular weight excluding hydrogens is 576 g/mol. The summed E-state index contributed by atoms with van der Waals surface area (Å²) < 4.78 is 32.6. The van der Waals surface area contributed by atoms with Gasteiger partial charge in [-0.25, -0.2) is 4.79 Å². The average Bonchev–Trinajstić information content (AvgIpc) is 3.94. The number of hydrogen-bond acceptors (Lipinski definition) is 6. The number of esters is 1. The summed E-state index contributed by atoms with van der Waals surface area (Å²) in [7, 11) is 0. The zero-order valence-corrected chi connectivity index (χ0v) is 26.1. The normalized spacial score (nSPS) is 22.4. The Hall–Kier alpha value is -4.25. The molecule has 236 valence electrons. The Morgan fingerprint density at radius 2 is 1.17 bits per heavy atom. The molecule has 4 aromatic rings. The molecule has 1 aliphatic carbocycles. The van der Waals surface area contributed by atoms with Crippen LogP contribution in [0.1, 0.15) is 58.8 Å². The van der Waals surface area contributed by atoms with Gasteiger partial charge in [0.2, 0.25) is 6.29 Å². The summed E-state index contributed by atoms with van der Waals surface area (Å²) in [6.07, 6.45) is -0.491. The molecule has 2 aliphatic rings. The van der Waals surface area contributed by atoms with Crippen LogP contribution in [0.5, 0.6) is 0 Å². The van der Waals surface area contributed by atoms with Crippen LogP contribution in [-0.2, 0) is 43.5 Å². The van der Waals surface area contributed by atoms with E-state index in [-0.39, 0.29) is 6.61 Å². The molecular formula is C40H40O6. The summed E-state index contributed by atoms with van der Waals surface area (Å²) in [6.45, 7) is 3.02. The molecule has 5 atom stereocenters. The van der Waals surface area contributed by atoms with Crippen molar-refractivity contribution in [2.75, 3.05) is 0 Å². The molecule has 4 aromatic carbocycles. The predicted molar refractivity (Wildman–Crippen MR) is 175 cm³/mol. The lowest BCUT2D eigenvalue weighted by Crippen LogP contribution is -2.61. The second-order valence-corrected chi connectivity index (χ2v) is 11.7. The van der Waals surface area contributed by atoms with Crippen LogP contribution >= 0.6 is 0 Å². The second kappa shape index (κ2) is 15.8. The van der Waals surface area contributed by atoms with Gasteiger partial charge < -0.3 is 23.7 Å². The van der Waals surface area contributed by atoms with Crippen LogP contribution in [0.25, 0.3) is 0 Å². The van der Waals surface area contributed by atoms with Gasteiger partial charge >= 0.3 is 5.97 Å². The van der Waals surface area contributed by atoms with Crippen LogP contribution in [0.2, 0.25) is 0 Å². The Bertz CT molecular complexity index is 1590. The third-order valence-corrected chi connectivity index (χ3v) is 8.21. The second-order valence-electron chi connectivity index (χ2n) is 11.7. The van der Waals surface area contributed by atoms with Gasteiger partial charge in [0.15, 0.2) is 0 Å². The van der Waals surface area contributed by atoms with Crippen molar-refractivity contribution in [2.45, 2.75) is 76.7 Å². The molecule has 0 aromatic heterocycles. The fraction of sp³-hybridized carbons (Fsp3) is 0.325. The molecule has 6 nitrogen and oxygen atoms in total. The lowest BCUT2D eigenvalue weighted by atomic mass is 9.96. The molecule has 1 saturated carbocycles. The quantitative estimate of drug-likeness (QED) is 0.121. The standard InChI is InChI=1S/C40H40O6/c1-2-35-36(42-26-30-14-6-3-7-15-30)37(43-27-31-16-8-4-9-17-31)38(44-28-32-18-10-5-11-19-32)40(45-35)46-39(41)34-21-13-12-20-33(34)25-24-29-22-23-29/h3-21,29,35-38,40H,2,22-23,26-28H2,1H3/t35?,36-,37-,38?,40?/m1/s1. The molecule has 0 radical (unpaired) electrons. The molecule has 1 heterocycles. The molecule has 6 heteroatoms. The number of rotatable bonds is 12. The number of carbonyl (C=O) groups is 1. The largest absolute Gasteiger partial charge is 0.429 e. The van der Waals surface area contributed by atoms with E-state index in [9.17, 15) is 4.79 Å². The van der Waals surface area contributed by atoms with Gasteiger partial charge in [-0.05, 0) is 48.1 Å². The molecule has 1 aliphatic heterocycles. The number of benzene rings is 4. The molecule has 6 rings (SSSR count). The highest BCUT2D eigenvalue weighted by molar-refractivity contribution is 5.92. The van der Waals surface area contributed by atoms with Crippen molar-refractivity contribution in [1.82, 2.24) is 0 Å². The van der Waals surface area contributed by atoms with Crippen LogP contribution in [0.15, 0.2) is 115 Å². The Morgan fingerprint density at radius 3 is 1.72 bits per heavy atom. The minimum atomic E-state index is -1.04. The maximum atomic E-state index is 13.8. The van der Waals surface area contributed by atoms with E-state index in [1.54, 1.807) is 6.07 Å². The fourth-order valence-electron chi connectivity index (χ4n) is 5.52. The average molecular weight is 617 g/mol. The summed E-state index contributed by atoms with van der Waals surface area (Å²) >= 11 is 0. The first kappa shape index (κ1) is 31.7. The topological polar surface area (TPSA) is 63.2 Å². The van der Waals surface area contributed by atoms with Gasteiger partial charge in [-0.15, -0.1) is 0 Å². The SMILES string of the molecule is CCC1OC(OC(=O)c2ccccc2C#CC2CC2)C(OCc2ccccc2)[C@H](OCc2ccccc2)[C@@H]1OCc1ccccc1. The van der Waals surface area contributed by atoms with E-state index >= 15 is 0 Å². The van der Waals surface area contributed by atoms with Gasteiger partial charge in [0, 0.05) is 11.5 Å². The monoisotopic (exact) mass is 616 g/mol. The smallest absolute Gasteiger partial charge is 0.341 e. The molecule has 0 bridgehead atoms. The number of ether oxygens (including phenoxy) is 5. The first-order valence-electron chi connectivity index (χ1n) is 16.1. The van der Waals surface area contributed by atoms with E-state index < -0.39 is 36.7 Å². The number of hydrogen-bond donors (Lipinski definition) is 0. The zero-order valence-electron chi connectivity index (χ0n) is 26.1. The van der Waals surface area contributed by atoms with E-state index in [2.05, 4.69) is 11.8 Å². The van der Waals surface area contributed by atoms with E-state index in [4.69, 9.17) is 23.7 Å². The summed E-state index contributed by atoms with van der Waals surface area (Å²) in [5.74, 6) is 6.34. The van der Waals surface area contributed by atoms with Crippen LogP contribution in [0.4, 0.5) is 0 Å². The molecule has 0 spiro atoms. The van der Waals surface area contributed by atoms with Crippen molar-refractivity contribution < 1.29 is 28.5 Å². The van der Waals surface area contributed by atoms with Crippen molar-refractivity contribution >= 4 is 5.97 Å². The van der Waals surface area contributed by atoms with Crippen LogP contribution in [-0.4, -0.2) is 36.7 Å². The molecule has 46 heavy (non-hydrogen) atoms. The van der Waals surface area contributed by atoms with Crippen molar-refractivity contribution in [3.63, 3.8) is 0 Å². The third-order valence-electron chi connectivity index (χ3n) is 8.21. The maximum absolute atomic E-state index is 13.8. The Morgan fingerprint density at radius 1 is 0.674 bits per heavy atom. The summed E-state index contributed by atoms with van der Waals surface area (Å²) in [5.41, 5.74) is 4.08. The first-order valence-corrected chi connectivity index (χ1v) is 16.1. The Balaban J connectivity index is 1.30. The van der Waals surface area contributed by atoms with Gasteiger partial charge in [-0.2, -0.15) is 0 Å². The maximum Gasteiger partial charge on any atom is 0.341 e. The lowest BCUT2D eigenvalue weighted by molar-refractivity contribution is -0.310. The van der Waals surface area contributed by atoms with E-state index in [0.29, 0.717) is 36.7 Å². The Labute approximate surface area is 271 Å². The van der Waals surface area contributed by atoms with E-state index in [1.807, 2.05) is 116 Å². The van der Waals surface area contributed by atoms with Crippen molar-refractivity contribution in [3.05, 3.63) is 143 Å². The van der Waals surface area contributed by atoms with Crippen LogP contribution in [0, 0.1) is 17.8 Å². The minimum absolute atomic E-state index is 0.278. The summed E-state index contributed by atoms with van der Waals surface area (Å²) in [6, 6.07) is 37.2. The van der Waals surface area contributed by atoms with Crippen LogP contribution < -0.4 is 0 Å². The Kier molecular flexibility index (Phi) is 10.9. The van der Waals surface area contributed by atoms with Gasteiger partial charge in [0.05, 0.1) is 31.5 Å². The number of carbonyl (C=O) groups excluding carboxylic acids is 1. The van der Waals surface area contributed by atoms with Crippen molar-refractivity contribution in [3.8, 4) is 11.8 Å². The van der Waals surface area contributed by atoms with E-state index in [0.717, 1.165) is 29.5 Å². The molecule has 0 N–H and O–H groups in total. The molecule has 1 saturated heterocycles. The molecule has 0 amide bonds. The third kappa shape index (κ3) is 8.51. The highest BCUT2D eigenvalue weighted by atomic mass is 16.7. The van der Waals surface area contributed by atoms with Crippen LogP contribution in [0.3, 0.4) is 0 Å². The molecule has 2 fully saturated rings. The van der Waals surface area contributed by atoms with E-state index in [1.165, 1.54) is 0 Å². The fourth-order valence-corrected chi connectivity index (χ4v) is 5.52. The summed E-state index contributed by atoms with van der Waals surface area (Å²) in [4.78, 5) is 13.8. The van der Waals surface area contributed by atoms with Gasteiger partial charge in [0.25, 0.3) is 0 Å². The molecule has 3 unspecified atom stereocenters. The summed E-state index contributed by atoms with van der Waals surface area (Å²) in [5, 5.41) is 0. The lowest BCUT2D eigenvalue weighted by Gasteiger charge is -2.45. The van der Waals surface area contributed by atoms with Crippen molar-refractivity contribution in [1.29, 1.82) is 0 Å².